The summed E-state index contributed by atoms with van der Waals surface area (Å²) in [4.78, 5) is 0. The van der Waals surface area contributed by atoms with Gasteiger partial charge in [-0.25, -0.2) is 0 Å². The van der Waals surface area contributed by atoms with E-state index in [1.807, 2.05) is 0 Å². The van der Waals surface area contributed by atoms with Crippen molar-refractivity contribution in [2.75, 3.05) is 13.1 Å². The van der Waals surface area contributed by atoms with Gasteiger partial charge >= 0.3 is 0 Å². The highest BCUT2D eigenvalue weighted by Crippen LogP contribution is 2.69. The van der Waals surface area contributed by atoms with E-state index in [4.69, 9.17) is 0 Å². The summed E-state index contributed by atoms with van der Waals surface area (Å²) in [6.45, 7) is 9.46. The van der Waals surface area contributed by atoms with Crippen molar-refractivity contribution in [1.29, 1.82) is 0 Å². The van der Waals surface area contributed by atoms with Crippen molar-refractivity contribution in [1.82, 2.24) is 5.32 Å². The van der Waals surface area contributed by atoms with Crippen LogP contribution in [0.4, 0.5) is 0 Å². The Morgan fingerprint density at radius 2 is 1.66 bits per heavy atom. The molecule has 3 N–H and O–H groups in total. The van der Waals surface area contributed by atoms with Gasteiger partial charge in [0.2, 0.25) is 0 Å². The lowest BCUT2D eigenvalue weighted by atomic mass is 9.44. The lowest BCUT2D eigenvalue weighted by Gasteiger charge is -2.61. The van der Waals surface area contributed by atoms with Crippen LogP contribution >= 0.6 is 0 Å². The van der Waals surface area contributed by atoms with E-state index < -0.39 is 5.60 Å². The Balaban J connectivity index is 1.38. The first-order chi connectivity index (χ1) is 13.8. The van der Waals surface area contributed by atoms with Gasteiger partial charge in [0.25, 0.3) is 0 Å². The third-order valence-electron chi connectivity index (χ3n) is 11.5. The first kappa shape index (κ1) is 20.8. The molecule has 0 aromatic heterocycles. The van der Waals surface area contributed by atoms with Crippen molar-refractivity contribution < 1.29 is 10.2 Å². The minimum atomic E-state index is -0.528. The summed E-state index contributed by atoms with van der Waals surface area (Å²) >= 11 is 0. The van der Waals surface area contributed by atoms with Crippen LogP contribution in [0.15, 0.2) is 0 Å². The van der Waals surface area contributed by atoms with Crippen LogP contribution in [0.3, 0.4) is 0 Å². The first-order valence-electron chi connectivity index (χ1n) is 12.9. The smallest absolute Gasteiger partial charge is 0.0693 e. The fourth-order valence-electron chi connectivity index (χ4n) is 9.83. The van der Waals surface area contributed by atoms with Crippen molar-refractivity contribution in [3.8, 4) is 0 Å². The van der Waals surface area contributed by atoms with Crippen LogP contribution in [0.5, 0.6) is 0 Å². The average molecular weight is 404 g/mol. The van der Waals surface area contributed by atoms with Gasteiger partial charge in [0.15, 0.2) is 0 Å². The van der Waals surface area contributed by atoms with Crippen LogP contribution in [0.25, 0.3) is 0 Å². The molecule has 1 saturated heterocycles. The Morgan fingerprint density at radius 1 is 0.897 bits per heavy atom. The second kappa shape index (κ2) is 7.20. The molecule has 0 radical (unpaired) electrons. The maximum atomic E-state index is 11.8. The molecule has 4 aliphatic carbocycles. The maximum absolute atomic E-state index is 11.8. The van der Waals surface area contributed by atoms with Crippen LogP contribution in [0.1, 0.15) is 91.4 Å². The Labute approximate surface area is 178 Å². The zero-order chi connectivity index (χ0) is 20.4. The minimum Gasteiger partial charge on any atom is -0.393 e. The van der Waals surface area contributed by atoms with E-state index in [0.717, 1.165) is 49.6 Å². The summed E-state index contributed by atoms with van der Waals surface area (Å²) in [7, 11) is 0. The van der Waals surface area contributed by atoms with Crippen LogP contribution in [-0.2, 0) is 0 Å². The lowest BCUT2D eigenvalue weighted by Crippen LogP contribution is -2.57. The Kier molecular flexibility index (Phi) is 5.16. The largest absolute Gasteiger partial charge is 0.393 e. The highest BCUT2D eigenvalue weighted by molar-refractivity contribution is 5.12. The molecule has 0 amide bonds. The van der Waals surface area contributed by atoms with E-state index in [-0.39, 0.29) is 6.10 Å². The molecular formula is C26H45NO2. The monoisotopic (exact) mass is 403 g/mol. The van der Waals surface area contributed by atoms with E-state index in [0.29, 0.717) is 22.7 Å². The van der Waals surface area contributed by atoms with Gasteiger partial charge in [-0.3, -0.25) is 0 Å². The molecule has 5 fully saturated rings. The first-order valence-corrected chi connectivity index (χ1v) is 12.9. The van der Waals surface area contributed by atoms with Crippen molar-refractivity contribution >= 4 is 0 Å². The summed E-state index contributed by atoms with van der Waals surface area (Å²) in [5, 5.41) is 25.7. The van der Waals surface area contributed by atoms with E-state index in [2.05, 4.69) is 26.1 Å². The zero-order valence-corrected chi connectivity index (χ0v) is 19.1. The van der Waals surface area contributed by atoms with Gasteiger partial charge in [0.05, 0.1) is 11.7 Å². The van der Waals surface area contributed by atoms with Crippen LogP contribution in [0, 0.1) is 46.3 Å². The molecule has 166 valence electrons. The van der Waals surface area contributed by atoms with Gasteiger partial charge in [-0.1, -0.05) is 13.8 Å². The molecule has 0 aromatic rings. The summed E-state index contributed by atoms with van der Waals surface area (Å²) < 4.78 is 0. The van der Waals surface area contributed by atoms with Gasteiger partial charge in [-0.2, -0.15) is 0 Å². The van der Waals surface area contributed by atoms with E-state index in [1.54, 1.807) is 0 Å². The van der Waals surface area contributed by atoms with Gasteiger partial charge in [0, 0.05) is 12.5 Å². The molecule has 0 aromatic carbocycles. The lowest BCUT2D eigenvalue weighted by molar-refractivity contribution is -0.154. The van der Waals surface area contributed by atoms with Crippen LogP contribution in [-0.4, -0.2) is 35.0 Å². The molecule has 10 atom stereocenters. The third-order valence-corrected chi connectivity index (χ3v) is 11.5. The number of fused-ring (bicyclic) bond motifs is 5. The number of hydrogen-bond acceptors (Lipinski definition) is 3. The predicted molar refractivity (Wildman–Crippen MR) is 117 cm³/mol. The molecule has 0 spiro atoms. The van der Waals surface area contributed by atoms with E-state index >= 15 is 0 Å². The average Bonchev–Trinajstić information content (AvgIpc) is 3.07. The number of piperidine rings is 1. The minimum absolute atomic E-state index is 0.0476. The second-order valence-corrected chi connectivity index (χ2v) is 12.5. The van der Waals surface area contributed by atoms with Crippen molar-refractivity contribution in [2.45, 2.75) is 103 Å². The molecular weight excluding hydrogens is 358 g/mol. The summed E-state index contributed by atoms with van der Waals surface area (Å²) in [5.41, 5.74) is 0.247. The summed E-state index contributed by atoms with van der Waals surface area (Å²) in [6, 6.07) is 0. The Hall–Kier alpha value is -0.120. The standard InChI is InChI=1S/C26H45NO2/c1-24-12-10-19(28)15-17(24)6-7-20-21-8-9-23(25(21,2)13-11-22(20)24)26(3,29)18-5-4-14-27-16-18/h17-23,27-29H,4-16H2,1-3H3/t17?,18?,19-,20?,21?,22?,23-,24-,25-,26?/m0/s1. The summed E-state index contributed by atoms with van der Waals surface area (Å²) in [5.74, 6) is 4.14. The molecule has 1 heterocycles. The third kappa shape index (κ3) is 3.08. The van der Waals surface area contributed by atoms with Gasteiger partial charge < -0.3 is 15.5 Å². The van der Waals surface area contributed by atoms with Crippen molar-refractivity contribution in [3.63, 3.8) is 0 Å². The fraction of sp³-hybridized carbons (Fsp3) is 1.00. The highest BCUT2D eigenvalue weighted by atomic mass is 16.3. The fourth-order valence-corrected chi connectivity index (χ4v) is 9.83. The quantitative estimate of drug-likeness (QED) is 0.623. The molecule has 0 bridgehead atoms. The zero-order valence-electron chi connectivity index (χ0n) is 19.1. The van der Waals surface area contributed by atoms with Gasteiger partial charge in [-0.15, -0.1) is 0 Å². The SMILES string of the molecule is CC(O)(C1CCCNC1)[C@H]1CCC2C3CCC4C[C@@H](O)CC[C@]4(C)C3CC[C@@]21C. The Morgan fingerprint density at radius 3 is 2.41 bits per heavy atom. The van der Waals surface area contributed by atoms with Crippen molar-refractivity contribution in [2.24, 2.45) is 46.3 Å². The van der Waals surface area contributed by atoms with Crippen LogP contribution < -0.4 is 5.32 Å². The van der Waals surface area contributed by atoms with Gasteiger partial charge in [0.1, 0.15) is 0 Å². The number of aliphatic hydroxyl groups is 2. The summed E-state index contributed by atoms with van der Waals surface area (Å²) in [6.07, 6.45) is 13.6. The number of hydrogen-bond donors (Lipinski definition) is 3. The van der Waals surface area contributed by atoms with E-state index in [1.165, 1.54) is 57.8 Å². The maximum Gasteiger partial charge on any atom is 0.0693 e. The van der Waals surface area contributed by atoms with Crippen molar-refractivity contribution in [3.05, 3.63) is 0 Å². The normalized spacial score (nSPS) is 54.7. The molecule has 4 saturated carbocycles. The molecule has 3 nitrogen and oxygen atoms in total. The highest BCUT2D eigenvalue weighted by Gasteiger charge is 2.63. The van der Waals surface area contributed by atoms with E-state index in [9.17, 15) is 10.2 Å². The number of nitrogens with one attached hydrogen (secondary N) is 1. The molecule has 29 heavy (non-hydrogen) atoms. The molecule has 6 unspecified atom stereocenters. The Bertz CT molecular complexity index is 614. The molecule has 5 aliphatic rings. The number of aliphatic hydroxyl groups excluding tert-OH is 1. The second-order valence-electron chi connectivity index (χ2n) is 12.5. The van der Waals surface area contributed by atoms with Crippen LogP contribution in [0.2, 0.25) is 0 Å². The van der Waals surface area contributed by atoms with Gasteiger partial charge in [-0.05, 0) is 125 Å². The predicted octanol–water partition coefficient (Wildman–Crippen LogP) is 4.76. The molecule has 1 aliphatic heterocycles. The molecule has 3 heteroatoms. The number of rotatable bonds is 2. The molecule has 5 rings (SSSR count). The topological polar surface area (TPSA) is 52.5 Å².